The maximum atomic E-state index is 13.1. The van der Waals surface area contributed by atoms with Crippen LogP contribution >= 0.6 is 15.6 Å². The van der Waals surface area contributed by atoms with Gasteiger partial charge in [-0.3, -0.25) is 37.3 Å². The fraction of sp³-hybridized carbons (Fsp3) is 0.949. The lowest BCUT2D eigenvalue weighted by atomic mass is 9.99. The number of unbranched alkanes of at least 4 members (excludes halogenated alkanes) is 46. The van der Waals surface area contributed by atoms with Crippen LogP contribution < -0.4 is 0 Å². The number of carbonyl (C=O) groups is 4. The van der Waals surface area contributed by atoms with Crippen LogP contribution in [0, 0.1) is 11.8 Å². The fourth-order valence-electron chi connectivity index (χ4n) is 12.0. The van der Waals surface area contributed by atoms with Crippen molar-refractivity contribution in [2.45, 2.75) is 426 Å². The zero-order valence-electron chi connectivity index (χ0n) is 63.4. The van der Waals surface area contributed by atoms with Gasteiger partial charge in [0.1, 0.15) is 19.3 Å². The lowest BCUT2D eigenvalue weighted by molar-refractivity contribution is -0.161. The van der Waals surface area contributed by atoms with Crippen LogP contribution in [0.5, 0.6) is 0 Å². The van der Waals surface area contributed by atoms with Crippen molar-refractivity contribution in [1.29, 1.82) is 0 Å². The normalized spacial score (nSPS) is 14.2. The molecule has 17 nitrogen and oxygen atoms in total. The number of hydrogen-bond acceptors (Lipinski definition) is 15. The molecule has 97 heavy (non-hydrogen) atoms. The standard InChI is InChI=1S/C78H152O17P2/c1-7-10-12-14-16-17-37-44-50-56-62-77(82)94-73(66-88-75(80)60-54-48-40-15-13-11-8-2)68-92-96(84,85)90-64-72(79)65-91-97(86,87)93-69-74(67-89-76(81)61-55-49-43-38-33-29-26-22-23-27-31-35-41-46-52-58-70(4)5)95-78(83)63-57-51-45-39-34-30-25-21-19-18-20-24-28-32-36-42-47-53-59-71(6)9-3/h70-74,79H,7-69H2,1-6H3,(H,84,85)(H,86,87)/t71?,72-,73+,74+/m0/s1. The third kappa shape index (κ3) is 70.9. The van der Waals surface area contributed by atoms with Crippen molar-refractivity contribution >= 4 is 39.5 Å². The number of carbonyl (C=O) groups excluding carboxylic acids is 4. The largest absolute Gasteiger partial charge is 0.472 e. The number of ether oxygens (including phenoxy) is 4. The molecular weight excluding hydrogens is 1270 g/mol. The molecule has 0 rings (SSSR count). The Morgan fingerprint density at radius 1 is 0.299 bits per heavy atom. The molecule has 19 heteroatoms. The zero-order valence-corrected chi connectivity index (χ0v) is 65.2. The van der Waals surface area contributed by atoms with E-state index in [0.29, 0.717) is 25.7 Å². The van der Waals surface area contributed by atoms with Crippen molar-refractivity contribution in [2.75, 3.05) is 39.6 Å². The molecule has 0 aromatic heterocycles. The molecule has 0 aliphatic carbocycles. The Labute approximate surface area is 594 Å². The molecule has 0 heterocycles. The molecule has 0 bridgehead atoms. The minimum atomic E-state index is -4.96. The fourth-order valence-corrected chi connectivity index (χ4v) is 13.6. The molecule has 0 radical (unpaired) electrons. The van der Waals surface area contributed by atoms with Crippen molar-refractivity contribution in [3.05, 3.63) is 0 Å². The summed E-state index contributed by atoms with van der Waals surface area (Å²) in [6.07, 6.45) is 58.5. The van der Waals surface area contributed by atoms with Gasteiger partial charge in [-0.05, 0) is 37.5 Å². The summed E-state index contributed by atoms with van der Waals surface area (Å²) in [5.74, 6) is -0.441. The van der Waals surface area contributed by atoms with Crippen LogP contribution in [0.25, 0.3) is 0 Å². The van der Waals surface area contributed by atoms with Crippen LogP contribution in [0.3, 0.4) is 0 Å². The Balaban J connectivity index is 5.14. The number of aliphatic hydroxyl groups is 1. The highest BCUT2D eigenvalue weighted by Crippen LogP contribution is 2.45. The predicted octanol–water partition coefficient (Wildman–Crippen LogP) is 23.1. The number of rotatable bonds is 77. The van der Waals surface area contributed by atoms with Crippen molar-refractivity contribution in [3.8, 4) is 0 Å². The number of esters is 4. The summed E-state index contributed by atoms with van der Waals surface area (Å²) >= 11 is 0. The molecule has 0 spiro atoms. The monoisotopic (exact) mass is 1420 g/mol. The molecule has 0 aromatic carbocycles. The number of hydrogen-bond donors (Lipinski definition) is 3. The second-order valence-corrected chi connectivity index (χ2v) is 31.7. The molecule has 0 amide bonds. The average Bonchev–Trinajstić information content (AvgIpc) is 2.08. The smallest absolute Gasteiger partial charge is 0.462 e. The highest BCUT2D eigenvalue weighted by Gasteiger charge is 2.30. The molecule has 0 saturated heterocycles. The summed E-state index contributed by atoms with van der Waals surface area (Å²) in [6.45, 7) is 9.65. The maximum Gasteiger partial charge on any atom is 0.472 e. The van der Waals surface area contributed by atoms with Gasteiger partial charge in [0.15, 0.2) is 12.2 Å². The molecule has 3 unspecified atom stereocenters. The van der Waals surface area contributed by atoms with Crippen LogP contribution in [0.1, 0.15) is 408 Å². The zero-order chi connectivity index (χ0) is 71.4. The first-order chi connectivity index (χ1) is 46.9. The van der Waals surface area contributed by atoms with Gasteiger partial charge in [-0.15, -0.1) is 0 Å². The SMILES string of the molecule is CCCCCCCCCCCCC(=O)O[C@H](COC(=O)CCCCCCCCC)COP(=O)(O)OC[C@H](O)COP(=O)(O)OC[C@@H](COC(=O)CCCCCCCCCCCCCCCCCC(C)C)OC(=O)CCCCCCCCCCCCCCCCCCCCC(C)CC. The van der Waals surface area contributed by atoms with Crippen molar-refractivity contribution < 1.29 is 80.2 Å². The number of phosphoric acid groups is 2. The minimum Gasteiger partial charge on any atom is -0.462 e. The minimum absolute atomic E-state index is 0.106. The van der Waals surface area contributed by atoms with E-state index >= 15 is 0 Å². The number of phosphoric ester groups is 2. The van der Waals surface area contributed by atoms with Crippen LogP contribution in [0.4, 0.5) is 0 Å². The van der Waals surface area contributed by atoms with Gasteiger partial charge in [0.05, 0.1) is 26.4 Å². The Kier molecular flexibility index (Phi) is 68.4. The third-order valence-electron chi connectivity index (χ3n) is 18.6. The summed E-state index contributed by atoms with van der Waals surface area (Å²) < 4.78 is 68.4. The Bertz CT molecular complexity index is 1870. The van der Waals surface area contributed by atoms with Gasteiger partial charge in [0, 0.05) is 25.7 Å². The molecule has 0 saturated carbocycles. The summed E-state index contributed by atoms with van der Waals surface area (Å²) in [5, 5.41) is 10.6. The molecule has 0 aromatic rings. The van der Waals surface area contributed by atoms with E-state index in [4.69, 9.17) is 37.0 Å². The molecular formula is C78H152O17P2. The van der Waals surface area contributed by atoms with Gasteiger partial charge in [-0.2, -0.15) is 0 Å². The van der Waals surface area contributed by atoms with Gasteiger partial charge < -0.3 is 33.8 Å². The van der Waals surface area contributed by atoms with Gasteiger partial charge >= 0.3 is 39.5 Å². The van der Waals surface area contributed by atoms with Gasteiger partial charge in [-0.1, -0.05) is 356 Å². The van der Waals surface area contributed by atoms with Gasteiger partial charge in [0.25, 0.3) is 0 Å². The average molecular weight is 1420 g/mol. The molecule has 3 N–H and O–H groups in total. The highest BCUT2D eigenvalue weighted by atomic mass is 31.2. The molecule has 6 atom stereocenters. The van der Waals surface area contributed by atoms with E-state index in [1.54, 1.807) is 0 Å². The Hall–Kier alpha value is -1.94. The van der Waals surface area contributed by atoms with Crippen molar-refractivity contribution in [3.63, 3.8) is 0 Å². The summed E-state index contributed by atoms with van der Waals surface area (Å²) in [7, 11) is -9.90. The van der Waals surface area contributed by atoms with Crippen molar-refractivity contribution in [1.82, 2.24) is 0 Å². The Morgan fingerprint density at radius 2 is 0.526 bits per heavy atom. The van der Waals surface area contributed by atoms with Gasteiger partial charge in [0.2, 0.25) is 0 Å². The Morgan fingerprint density at radius 3 is 0.784 bits per heavy atom. The summed E-state index contributed by atoms with van der Waals surface area (Å²) in [5.41, 5.74) is 0. The summed E-state index contributed by atoms with van der Waals surface area (Å²) in [4.78, 5) is 72.7. The first-order valence-corrected chi connectivity index (χ1v) is 43.5. The van der Waals surface area contributed by atoms with E-state index in [1.165, 1.54) is 212 Å². The van der Waals surface area contributed by atoms with E-state index in [9.17, 15) is 43.2 Å². The topological polar surface area (TPSA) is 237 Å². The first kappa shape index (κ1) is 95.1. The van der Waals surface area contributed by atoms with Gasteiger partial charge in [-0.25, -0.2) is 9.13 Å². The summed E-state index contributed by atoms with van der Waals surface area (Å²) in [6, 6.07) is 0. The molecule has 0 fully saturated rings. The third-order valence-corrected chi connectivity index (χ3v) is 20.5. The van der Waals surface area contributed by atoms with Crippen LogP contribution in [0.2, 0.25) is 0 Å². The second-order valence-electron chi connectivity index (χ2n) is 28.8. The van der Waals surface area contributed by atoms with Crippen LogP contribution in [0.15, 0.2) is 0 Å². The van der Waals surface area contributed by atoms with E-state index in [-0.39, 0.29) is 25.7 Å². The quantitative estimate of drug-likeness (QED) is 0.0222. The van der Waals surface area contributed by atoms with E-state index < -0.39 is 97.5 Å². The molecule has 0 aliphatic rings. The predicted molar refractivity (Wildman–Crippen MR) is 395 cm³/mol. The van der Waals surface area contributed by atoms with Crippen LogP contribution in [-0.4, -0.2) is 96.7 Å². The van der Waals surface area contributed by atoms with E-state index in [0.717, 1.165) is 115 Å². The van der Waals surface area contributed by atoms with E-state index in [2.05, 4.69) is 41.5 Å². The molecule has 0 aliphatic heterocycles. The highest BCUT2D eigenvalue weighted by molar-refractivity contribution is 7.47. The molecule has 576 valence electrons. The maximum absolute atomic E-state index is 13.1. The van der Waals surface area contributed by atoms with Crippen LogP contribution in [-0.2, 0) is 65.4 Å². The number of aliphatic hydroxyl groups excluding tert-OH is 1. The van der Waals surface area contributed by atoms with E-state index in [1.807, 2.05) is 0 Å². The lowest BCUT2D eigenvalue weighted by Gasteiger charge is -2.21. The lowest BCUT2D eigenvalue weighted by Crippen LogP contribution is -2.30. The first-order valence-electron chi connectivity index (χ1n) is 40.5. The second kappa shape index (κ2) is 69.8. The van der Waals surface area contributed by atoms with Crippen molar-refractivity contribution in [2.24, 2.45) is 11.8 Å².